The number of rotatable bonds is 16. The number of hydrogen-bond donors (Lipinski definition) is 2. The van der Waals surface area contributed by atoms with Crippen molar-refractivity contribution in [1.29, 1.82) is 0 Å². The molecule has 242 valence electrons. The van der Waals surface area contributed by atoms with Crippen LogP contribution in [0.1, 0.15) is 53.0 Å². The second-order valence-electron chi connectivity index (χ2n) is 10.8. The van der Waals surface area contributed by atoms with Crippen LogP contribution >= 0.6 is 0 Å². The lowest BCUT2D eigenvalue weighted by Gasteiger charge is -2.25. The Hall–Kier alpha value is -4.80. The van der Waals surface area contributed by atoms with Crippen molar-refractivity contribution in [3.63, 3.8) is 0 Å². The van der Waals surface area contributed by atoms with Crippen LogP contribution in [0.25, 0.3) is 21.8 Å². The molecule has 45 heavy (non-hydrogen) atoms. The summed E-state index contributed by atoms with van der Waals surface area (Å²) in [6.45, 7) is 5.73. The average Bonchev–Trinajstić information content (AvgIpc) is 3.33. The van der Waals surface area contributed by atoms with Gasteiger partial charge in [-0.2, -0.15) is 0 Å². The van der Waals surface area contributed by atoms with E-state index in [-0.39, 0.29) is 50.4 Å². The first-order valence-electron chi connectivity index (χ1n) is 14.9. The third kappa shape index (κ3) is 10.1. The lowest BCUT2D eigenvalue weighted by molar-refractivity contribution is -0.158. The van der Waals surface area contributed by atoms with Crippen molar-refractivity contribution < 1.29 is 48.3 Å². The minimum absolute atomic E-state index is 0.147. The number of carbonyl (C=O) groups is 4. The Balaban J connectivity index is 1.75. The molecule has 0 aliphatic carbocycles. The number of nitrogens with zero attached hydrogens (tertiary/aromatic N) is 1. The summed E-state index contributed by atoms with van der Waals surface area (Å²) >= 11 is 0. The summed E-state index contributed by atoms with van der Waals surface area (Å²) in [6.07, 6.45) is 2.72. The molecule has 0 aliphatic heterocycles. The van der Waals surface area contributed by atoms with E-state index < -0.39 is 35.7 Å². The number of aromatic nitrogens is 1. The smallest absolute Gasteiger partial charge is 0.334 e. The second-order valence-corrected chi connectivity index (χ2v) is 10.8. The van der Waals surface area contributed by atoms with Gasteiger partial charge in [-0.25, -0.2) is 9.59 Å². The fourth-order valence-electron chi connectivity index (χ4n) is 5.24. The van der Waals surface area contributed by atoms with Crippen LogP contribution in [0.15, 0.2) is 72.2 Å². The van der Waals surface area contributed by atoms with E-state index >= 15 is 0 Å². The van der Waals surface area contributed by atoms with Crippen molar-refractivity contribution in [1.82, 2.24) is 4.57 Å². The van der Waals surface area contributed by atoms with E-state index in [0.29, 0.717) is 12.8 Å². The van der Waals surface area contributed by atoms with Gasteiger partial charge in [0.15, 0.2) is 0 Å². The van der Waals surface area contributed by atoms with Crippen molar-refractivity contribution in [2.75, 3.05) is 26.4 Å². The van der Waals surface area contributed by atoms with Crippen molar-refractivity contribution in [2.24, 2.45) is 11.8 Å². The predicted molar refractivity (Wildman–Crippen MR) is 167 cm³/mol. The molecule has 0 amide bonds. The molecule has 0 fully saturated rings. The van der Waals surface area contributed by atoms with Gasteiger partial charge in [0.2, 0.25) is 0 Å². The monoisotopic (exact) mass is 623 g/mol. The maximum atomic E-state index is 13.4. The molecule has 11 nitrogen and oxygen atoms in total. The van der Waals surface area contributed by atoms with Gasteiger partial charge in [0.1, 0.15) is 26.4 Å². The maximum Gasteiger partial charge on any atom is 0.334 e. The summed E-state index contributed by atoms with van der Waals surface area (Å²) < 4.78 is 22.9. The fourth-order valence-corrected chi connectivity index (χ4v) is 5.24. The van der Waals surface area contributed by atoms with Crippen LogP contribution in [0.3, 0.4) is 0 Å². The highest BCUT2D eigenvalue weighted by molar-refractivity contribution is 6.08. The van der Waals surface area contributed by atoms with Crippen LogP contribution in [0.5, 0.6) is 0 Å². The Kier molecular flexibility index (Phi) is 13.0. The second kappa shape index (κ2) is 16.9. The summed E-state index contributed by atoms with van der Waals surface area (Å²) in [5, 5.41) is 20.5. The van der Waals surface area contributed by atoms with Gasteiger partial charge in [-0.1, -0.05) is 43.3 Å². The van der Waals surface area contributed by atoms with E-state index in [1.54, 1.807) is 0 Å². The summed E-state index contributed by atoms with van der Waals surface area (Å²) in [7, 11) is 0. The first-order chi connectivity index (χ1) is 21.5. The van der Waals surface area contributed by atoms with E-state index in [4.69, 9.17) is 24.1 Å². The highest BCUT2D eigenvalue weighted by Crippen LogP contribution is 2.35. The standard InChI is InChI=1S/C34H41NO10/c1-5-25(33(40)44-16-14-42-31(38)19-23(3)36)21-26(34(41)45-17-15-43-32(39)20-24(4)37)18-22(2)35-29-12-8-6-10-27(29)28-11-7-9-13-30(28)35/h6-13,19-20,22,25-26,36-37H,5,14-18,21H2,1-4H3/b23-19-,24-20-. The summed E-state index contributed by atoms with van der Waals surface area (Å²) in [5.74, 6) is -4.35. The number of aliphatic hydroxyl groups is 2. The van der Waals surface area contributed by atoms with Gasteiger partial charge < -0.3 is 33.7 Å². The first kappa shape index (κ1) is 34.7. The molecule has 0 spiro atoms. The van der Waals surface area contributed by atoms with Crippen LogP contribution in [0.4, 0.5) is 0 Å². The van der Waals surface area contributed by atoms with Gasteiger partial charge in [-0.15, -0.1) is 0 Å². The topological polar surface area (TPSA) is 151 Å². The number of esters is 4. The molecule has 1 aromatic heterocycles. The zero-order valence-electron chi connectivity index (χ0n) is 26.1. The number of hydrogen-bond acceptors (Lipinski definition) is 10. The van der Waals surface area contributed by atoms with Crippen molar-refractivity contribution >= 4 is 45.7 Å². The summed E-state index contributed by atoms with van der Waals surface area (Å²) in [4.78, 5) is 49.7. The number of fused-ring (bicyclic) bond motifs is 3. The van der Waals surface area contributed by atoms with Crippen molar-refractivity contribution in [3.05, 3.63) is 72.2 Å². The zero-order chi connectivity index (χ0) is 32.9. The molecule has 0 radical (unpaired) electrons. The molecule has 11 heteroatoms. The van der Waals surface area contributed by atoms with E-state index in [1.807, 2.05) is 50.2 Å². The highest BCUT2D eigenvalue weighted by Gasteiger charge is 2.31. The van der Waals surface area contributed by atoms with Gasteiger partial charge in [-0.3, -0.25) is 9.59 Å². The molecule has 3 rings (SSSR count). The van der Waals surface area contributed by atoms with Crippen molar-refractivity contribution in [2.45, 2.75) is 53.0 Å². The van der Waals surface area contributed by atoms with E-state index in [9.17, 15) is 24.3 Å². The normalized spacial score (nSPS) is 14.0. The van der Waals surface area contributed by atoms with E-state index in [1.165, 1.54) is 13.8 Å². The molecule has 0 saturated heterocycles. The Morgan fingerprint density at radius 2 is 1.11 bits per heavy atom. The molecule has 3 aromatic rings. The predicted octanol–water partition coefficient (Wildman–Crippen LogP) is 5.87. The molecule has 0 bridgehead atoms. The van der Waals surface area contributed by atoms with Crippen LogP contribution in [-0.4, -0.2) is 65.1 Å². The largest absolute Gasteiger partial charge is 0.512 e. The molecule has 2 N–H and O–H groups in total. The molecule has 3 unspecified atom stereocenters. The molecule has 2 aromatic carbocycles. The van der Waals surface area contributed by atoms with E-state index in [2.05, 4.69) is 16.7 Å². The summed E-state index contributed by atoms with van der Waals surface area (Å²) in [5.41, 5.74) is 2.04. The minimum atomic E-state index is -0.760. The zero-order valence-corrected chi connectivity index (χ0v) is 26.1. The Morgan fingerprint density at radius 3 is 1.56 bits per heavy atom. The maximum absolute atomic E-state index is 13.4. The summed E-state index contributed by atoms with van der Waals surface area (Å²) in [6, 6.07) is 15.9. The fraction of sp³-hybridized carbons (Fsp3) is 0.412. The van der Waals surface area contributed by atoms with E-state index in [0.717, 1.165) is 34.0 Å². The highest BCUT2D eigenvalue weighted by atomic mass is 16.6. The number of ether oxygens (including phenoxy) is 4. The number of aliphatic hydroxyl groups excluding tert-OH is 2. The van der Waals surface area contributed by atoms with Crippen LogP contribution in [0.2, 0.25) is 0 Å². The van der Waals surface area contributed by atoms with Crippen LogP contribution in [-0.2, 0) is 38.1 Å². The molecule has 1 heterocycles. The molecule has 0 aliphatic rings. The lowest BCUT2D eigenvalue weighted by Crippen LogP contribution is -2.29. The average molecular weight is 624 g/mol. The molecular weight excluding hydrogens is 582 g/mol. The molecular formula is C34H41NO10. The number of para-hydroxylation sites is 2. The number of carbonyl (C=O) groups excluding carboxylic acids is 4. The van der Waals surface area contributed by atoms with Gasteiger partial charge in [0, 0.05) is 27.8 Å². The third-order valence-corrected chi connectivity index (χ3v) is 7.21. The SMILES string of the molecule is CCC(CC(CC(C)n1c2ccccc2c2ccccc21)C(=O)OCCOC(=O)/C=C(/C)O)C(=O)OCCOC(=O)/C=C(/C)O. The van der Waals surface area contributed by atoms with Crippen LogP contribution in [0, 0.1) is 11.8 Å². The van der Waals surface area contributed by atoms with Crippen LogP contribution < -0.4 is 0 Å². The molecule has 3 atom stereocenters. The Labute approximate surface area is 262 Å². The first-order valence-corrected chi connectivity index (χ1v) is 14.9. The number of benzene rings is 2. The molecule has 0 saturated carbocycles. The number of allylic oxidation sites excluding steroid dienone is 2. The van der Waals surface area contributed by atoms with Gasteiger partial charge >= 0.3 is 23.9 Å². The Morgan fingerprint density at radius 1 is 0.689 bits per heavy atom. The van der Waals surface area contributed by atoms with Gasteiger partial charge in [0.05, 0.1) is 35.5 Å². The van der Waals surface area contributed by atoms with Gasteiger partial charge in [-0.05, 0) is 52.2 Å². The quantitative estimate of drug-likeness (QED) is 0.0651. The van der Waals surface area contributed by atoms with Gasteiger partial charge in [0.25, 0.3) is 0 Å². The lowest BCUT2D eigenvalue weighted by atomic mass is 9.88. The third-order valence-electron chi connectivity index (χ3n) is 7.21. The Bertz CT molecular complexity index is 1490. The van der Waals surface area contributed by atoms with Crippen molar-refractivity contribution in [3.8, 4) is 0 Å². The minimum Gasteiger partial charge on any atom is -0.512 e.